The minimum Gasteiger partial charge on any atom is -0.388 e. The number of carbonyl (C=O) groups is 1. The van der Waals surface area contributed by atoms with Crippen LogP contribution >= 0.6 is 0 Å². The Morgan fingerprint density at radius 2 is 1.75 bits per heavy atom. The molecule has 1 saturated heterocycles. The van der Waals surface area contributed by atoms with Gasteiger partial charge in [-0.1, -0.05) is 0 Å². The third kappa shape index (κ3) is 2.45. The molecule has 0 aromatic heterocycles. The Hall–Kier alpha value is -2.13. The zero-order chi connectivity index (χ0) is 15.0. The molecular formula is C11H10F2N2O5. The molecule has 20 heavy (non-hydrogen) atoms. The Morgan fingerprint density at radius 1 is 1.25 bits per heavy atom. The summed E-state index contributed by atoms with van der Waals surface area (Å²) in [5.74, 6) is -3.78. The van der Waals surface area contributed by atoms with Gasteiger partial charge in [0, 0.05) is 13.1 Å². The molecular weight excluding hydrogens is 278 g/mol. The molecule has 9 heteroatoms. The fraction of sp³-hybridized carbons (Fsp3) is 0.364. The van der Waals surface area contributed by atoms with E-state index in [1.807, 2.05) is 0 Å². The number of aliphatic hydroxyl groups excluding tert-OH is 2. The smallest absolute Gasteiger partial charge is 0.285 e. The third-order valence-electron chi connectivity index (χ3n) is 3.01. The van der Waals surface area contributed by atoms with Crippen molar-refractivity contribution in [2.24, 2.45) is 0 Å². The molecule has 1 aromatic rings. The maximum absolute atomic E-state index is 13.2. The Labute approximate surface area is 111 Å². The molecule has 108 valence electrons. The number of hydrogen-bond donors (Lipinski definition) is 2. The molecule has 2 atom stereocenters. The van der Waals surface area contributed by atoms with E-state index in [-0.39, 0.29) is 13.1 Å². The summed E-state index contributed by atoms with van der Waals surface area (Å²) in [6.07, 6.45) is -2.35. The number of nitro benzene ring substituents is 1. The van der Waals surface area contributed by atoms with Gasteiger partial charge >= 0.3 is 0 Å². The van der Waals surface area contributed by atoms with Crippen molar-refractivity contribution in [3.05, 3.63) is 39.4 Å². The molecule has 7 nitrogen and oxygen atoms in total. The van der Waals surface area contributed by atoms with Gasteiger partial charge in [0.25, 0.3) is 11.6 Å². The highest BCUT2D eigenvalue weighted by atomic mass is 19.2. The first-order valence-corrected chi connectivity index (χ1v) is 5.60. The monoisotopic (exact) mass is 288 g/mol. The largest absolute Gasteiger partial charge is 0.388 e. The molecule has 2 unspecified atom stereocenters. The lowest BCUT2D eigenvalue weighted by atomic mass is 10.1. The summed E-state index contributed by atoms with van der Waals surface area (Å²) < 4.78 is 26.2. The fourth-order valence-corrected chi connectivity index (χ4v) is 1.96. The van der Waals surface area contributed by atoms with Crippen LogP contribution in [0.4, 0.5) is 14.5 Å². The molecule has 2 rings (SSSR count). The van der Waals surface area contributed by atoms with Gasteiger partial charge in [-0.15, -0.1) is 0 Å². The summed E-state index contributed by atoms with van der Waals surface area (Å²) in [5, 5.41) is 29.4. The van der Waals surface area contributed by atoms with E-state index in [1.165, 1.54) is 0 Å². The standard InChI is InChI=1S/C11H10F2N2O5/c12-6-1-5(8(15(19)20)2-7(6)13)11(18)14-3-9(16)10(17)4-14/h1-2,9-10,16-17H,3-4H2. The second-order valence-electron chi connectivity index (χ2n) is 4.39. The van der Waals surface area contributed by atoms with Crippen LogP contribution in [-0.2, 0) is 0 Å². The number of rotatable bonds is 2. The topological polar surface area (TPSA) is 104 Å². The van der Waals surface area contributed by atoms with Crippen LogP contribution in [0.5, 0.6) is 0 Å². The minimum atomic E-state index is -1.44. The Balaban J connectivity index is 2.39. The zero-order valence-corrected chi connectivity index (χ0v) is 9.99. The van der Waals surface area contributed by atoms with Crippen molar-refractivity contribution in [3.8, 4) is 0 Å². The van der Waals surface area contributed by atoms with Crippen LogP contribution < -0.4 is 0 Å². The van der Waals surface area contributed by atoms with E-state index in [0.29, 0.717) is 12.1 Å². The number of likely N-dealkylation sites (tertiary alicyclic amines) is 1. The first-order chi connectivity index (χ1) is 9.31. The number of β-amino-alcohol motifs (C(OH)–C–C–N with tert-alkyl or cyclic N) is 2. The molecule has 0 saturated carbocycles. The second-order valence-corrected chi connectivity index (χ2v) is 4.39. The van der Waals surface area contributed by atoms with E-state index in [9.17, 15) is 33.9 Å². The van der Waals surface area contributed by atoms with Gasteiger partial charge < -0.3 is 15.1 Å². The van der Waals surface area contributed by atoms with Crippen molar-refractivity contribution in [1.82, 2.24) is 4.90 Å². The summed E-state index contributed by atoms with van der Waals surface area (Å²) >= 11 is 0. The van der Waals surface area contributed by atoms with Crippen LogP contribution in [-0.4, -0.2) is 51.2 Å². The average molecular weight is 288 g/mol. The third-order valence-corrected chi connectivity index (χ3v) is 3.01. The van der Waals surface area contributed by atoms with E-state index in [2.05, 4.69) is 0 Å². The van der Waals surface area contributed by atoms with E-state index < -0.39 is 45.9 Å². The lowest BCUT2D eigenvalue weighted by Crippen LogP contribution is -2.30. The molecule has 0 bridgehead atoms. The highest BCUT2D eigenvalue weighted by Gasteiger charge is 2.36. The molecule has 1 aromatic carbocycles. The van der Waals surface area contributed by atoms with Crippen LogP contribution in [0.25, 0.3) is 0 Å². The fourth-order valence-electron chi connectivity index (χ4n) is 1.96. The zero-order valence-electron chi connectivity index (χ0n) is 9.99. The molecule has 1 aliphatic heterocycles. The molecule has 0 aliphatic carbocycles. The van der Waals surface area contributed by atoms with Crippen molar-refractivity contribution in [1.29, 1.82) is 0 Å². The number of halogens is 2. The lowest BCUT2D eigenvalue weighted by molar-refractivity contribution is -0.385. The lowest BCUT2D eigenvalue weighted by Gasteiger charge is -2.15. The van der Waals surface area contributed by atoms with Crippen LogP contribution in [0, 0.1) is 21.7 Å². The van der Waals surface area contributed by atoms with E-state index in [1.54, 1.807) is 0 Å². The Morgan fingerprint density at radius 3 is 2.25 bits per heavy atom. The maximum atomic E-state index is 13.2. The molecule has 1 amide bonds. The van der Waals surface area contributed by atoms with Gasteiger partial charge in [0.1, 0.15) is 5.56 Å². The predicted molar refractivity (Wildman–Crippen MR) is 60.9 cm³/mol. The second kappa shape index (κ2) is 5.10. The number of aliphatic hydroxyl groups is 2. The van der Waals surface area contributed by atoms with Crippen LogP contribution in [0.3, 0.4) is 0 Å². The summed E-state index contributed by atoms with van der Waals surface area (Å²) in [5.41, 5.74) is -1.50. The number of nitro groups is 1. The van der Waals surface area contributed by atoms with Gasteiger partial charge in [0.2, 0.25) is 0 Å². The van der Waals surface area contributed by atoms with Gasteiger partial charge in [-0.3, -0.25) is 14.9 Å². The Bertz CT molecular complexity index is 570. The van der Waals surface area contributed by atoms with E-state index in [0.717, 1.165) is 4.90 Å². The van der Waals surface area contributed by atoms with E-state index >= 15 is 0 Å². The highest BCUT2D eigenvalue weighted by molar-refractivity contribution is 5.98. The molecule has 1 heterocycles. The molecule has 2 N–H and O–H groups in total. The molecule has 1 aliphatic rings. The first-order valence-electron chi connectivity index (χ1n) is 5.60. The van der Waals surface area contributed by atoms with Crippen LogP contribution in [0.1, 0.15) is 10.4 Å². The van der Waals surface area contributed by atoms with Crippen LogP contribution in [0.2, 0.25) is 0 Å². The predicted octanol–water partition coefficient (Wildman–Crippen LogP) is 0.0506. The summed E-state index contributed by atoms with van der Waals surface area (Å²) in [7, 11) is 0. The van der Waals surface area contributed by atoms with E-state index in [4.69, 9.17) is 0 Å². The minimum absolute atomic E-state index is 0.240. The summed E-state index contributed by atoms with van der Waals surface area (Å²) in [6, 6.07) is 0.762. The average Bonchev–Trinajstić information content (AvgIpc) is 2.71. The Kier molecular flexibility index (Phi) is 3.64. The van der Waals surface area contributed by atoms with Crippen LogP contribution in [0.15, 0.2) is 12.1 Å². The summed E-state index contributed by atoms with van der Waals surface area (Å²) in [4.78, 5) is 22.8. The normalized spacial score (nSPS) is 22.1. The molecule has 0 spiro atoms. The van der Waals surface area contributed by atoms with Gasteiger partial charge in [-0.2, -0.15) is 0 Å². The summed E-state index contributed by atoms with van der Waals surface area (Å²) in [6.45, 7) is -0.480. The number of nitrogens with zero attached hydrogens (tertiary/aromatic N) is 2. The first kappa shape index (κ1) is 14.3. The van der Waals surface area contributed by atoms with Crippen molar-refractivity contribution >= 4 is 11.6 Å². The number of hydrogen-bond acceptors (Lipinski definition) is 5. The van der Waals surface area contributed by atoms with Crippen molar-refractivity contribution in [3.63, 3.8) is 0 Å². The van der Waals surface area contributed by atoms with Crippen molar-refractivity contribution in [2.45, 2.75) is 12.2 Å². The number of benzene rings is 1. The van der Waals surface area contributed by atoms with Gasteiger partial charge in [-0.25, -0.2) is 8.78 Å². The van der Waals surface area contributed by atoms with Gasteiger partial charge in [-0.05, 0) is 6.07 Å². The number of carbonyl (C=O) groups excluding carboxylic acids is 1. The SMILES string of the molecule is O=C(c1cc(F)c(F)cc1[N+](=O)[O-])N1CC(O)C(O)C1. The highest BCUT2D eigenvalue weighted by Crippen LogP contribution is 2.25. The van der Waals surface area contributed by atoms with Gasteiger partial charge in [0.05, 0.1) is 23.2 Å². The van der Waals surface area contributed by atoms with Crippen molar-refractivity contribution in [2.75, 3.05) is 13.1 Å². The van der Waals surface area contributed by atoms with Crippen molar-refractivity contribution < 1.29 is 28.7 Å². The van der Waals surface area contributed by atoms with Gasteiger partial charge in [0.15, 0.2) is 11.6 Å². The quantitative estimate of drug-likeness (QED) is 0.591. The maximum Gasteiger partial charge on any atom is 0.285 e. The molecule has 0 radical (unpaired) electrons. The molecule has 1 fully saturated rings. The number of amides is 1.